The molecule has 21 heavy (non-hydrogen) atoms. The summed E-state index contributed by atoms with van der Waals surface area (Å²) in [4.78, 5) is 14.7. The van der Waals surface area contributed by atoms with E-state index in [2.05, 4.69) is 5.16 Å². The van der Waals surface area contributed by atoms with Gasteiger partial charge in [-0.3, -0.25) is 4.79 Å². The van der Waals surface area contributed by atoms with Gasteiger partial charge in [-0.05, 0) is 32.6 Å². The predicted molar refractivity (Wildman–Crippen MR) is 82.1 cm³/mol. The van der Waals surface area contributed by atoms with Crippen LogP contribution >= 0.6 is 0 Å². The third-order valence-electron chi connectivity index (χ3n) is 4.32. The number of carbonyl (C=O) groups excluding carboxylic acids is 1. The molecule has 1 atom stereocenters. The molecule has 6 nitrogen and oxygen atoms in total. The molecule has 0 saturated carbocycles. The van der Waals surface area contributed by atoms with Gasteiger partial charge in [0.2, 0.25) is 5.91 Å². The van der Waals surface area contributed by atoms with Crippen LogP contribution in [0.15, 0.2) is 5.16 Å². The molecule has 0 aromatic rings. The van der Waals surface area contributed by atoms with Crippen molar-refractivity contribution in [2.24, 2.45) is 16.3 Å². The normalized spacial score (nSPS) is 24.2. The highest BCUT2D eigenvalue weighted by molar-refractivity contribution is 6.06. The lowest BCUT2D eigenvalue weighted by Crippen LogP contribution is -2.56. The van der Waals surface area contributed by atoms with Gasteiger partial charge in [0.05, 0.1) is 5.60 Å². The zero-order valence-electron chi connectivity index (χ0n) is 13.4. The number of hydrogen-bond acceptors (Lipinski definition) is 4. The second kappa shape index (κ2) is 7.11. The number of carbonyl (C=O) groups is 1. The van der Waals surface area contributed by atoms with Gasteiger partial charge in [-0.25, -0.2) is 0 Å². The third kappa shape index (κ3) is 3.87. The van der Waals surface area contributed by atoms with Crippen molar-refractivity contribution in [3.63, 3.8) is 0 Å². The molecule has 1 aliphatic rings. The summed E-state index contributed by atoms with van der Waals surface area (Å²) in [6, 6.07) is 0. The molecule has 0 spiro atoms. The van der Waals surface area contributed by atoms with Gasteiger partial charge < -0.3 is 20.9 Å². The molecule has 1 fully saturated rings. The number of hydrogen-bond donors (Lipinski definition) is 3. The van der Waals surface area contributed by atoms with E-state index in [0.717, 1.165) is 19.3 Å². The van der Waals surface area contributed by atoms with Crippen LogP contribution in [0.4, 0.5) is 0 Å². The van der Waals surface area contributed by atoms with Crippen LogP contribution < -0.4 is 5.73 Å². The van der Waals surface area contributed by atoms with Crippen molar-refractivity contribution >= 4 is 11.7 Å². The molecule has 1 rings (SSSR count). The SMILES string of the molecule is CCCC(CCC)(C(=O)N1CCCC(C)(O)C1)C(N)=NO. The number of rotatable bonds is 6. The minimum absolute atomic E-state index is 0.0126. The lowest BCUT2D eigenvalue weighted by Gasteiger charge is -2.42. The molecular formula is C15H29N3O3. The monoisotopic (exact) mass is 299 g/mol. The van der Waals surface area contributed by atoms with Crippen molar-refractivity contribution in [3.05, 3.63) is 0 Å². The number of β-amino-alcohol motifs (C(OH)–C–C–N with tert-alkyl or cyclic N) is 1. The van der Waals surface area contributed by atoms with Crippen molar-refractivity contribution < 1.29 is 15.1 Å². The number of nitrogens with two attached hydrogens (primary N) is 1. The quantitative estimate of drug-likeness (QED) is 0.301. The predicted octanol–water partition coefficient (Wildman–Crippen LogP) is 1.69. The summed E-state index contributed by atoms with van der Waals surface area (Å²) in [5, 5.41) is 22.5. The summed E-state index contributed by atoms with van der Waals surface area (Å²) in [5.74, 6) is -0.136. The van der Waals surface area contributed by atoms with Crippen LogP contribution in [0.1, 0.15) is 59.3 Å². The Kier molecular flexibility index (Phi) is 6.01. The summed E-state index contributed by atoms with van der Waals surface area (Å²) in [6.45, 7) is 6.63. The van der Waals surface area contributed by atoms with Gasteiger partial charge in [0.15, 0.2) is 5.84 Å². The largest absolute Gasteiger partial charge is 0.409 e. The molecule has 1 unspecified atom stereocenters. The lowest BCUT2D eigenvalue weighted by molar-refractivity contribution is -0.145. The molecule has 0 aromatic heterocycles. The summed E-state index contributed by atoms with van der Waals surface area (Å²) < 4.78 is 0. The zero-order chi connectivity index (χ0) is 16.1. The Hall–Kier alpha value is -1.30. The van der Waals surface area contributed by atoms with E-state index in [-0.39, 0.29) is 11.7 Å². The molecule has 4 N–H and O–H groups in total. The maximum Gasteiger partial charge on any atom is 0.236 e. The molecule has 0 bridgehead atoms. The van der Waals surface area contributed by atoms with Gasteiger partial charge >= 0.3 is 0 Å². The Morgan fingerprint density at radius 1 is 1.38 bits per heavy atom. The maximum absolute atomic E-state index is 13.0. The highest BCUT2D eigenvalue weighted by atomic mass is 16.4. The smallest absolute Gasteiger partial charge is 0.236 e. The molecule has 1 heterocycles. The Labute approximate surface area is 127 Å². The first kappa shape index (κ1) is 17.8. The van der Waals surface area contributed by atoms with E-state index in [1.807, 2.05) is 13.8 Å². The fourth-order valence-corrected chi connectivity index (χ4v) is 3.35. The number of amides is 1. The van der Waals surface area contributed by atoms with Crippen LogP contribution in [0, 0.1) is 5.41 Å². The maximum atomic E-state index is 13.0. The molecule has 0 radical (unpaired) electrons. The molecule has 122 valence electrons. The first-order chi connectivity index (χ1) is 9.83. The van der Waals surface area contributed by atoms with Crippen molar-refractivity contribution in [2.75, 3.05) is 13.1 Å². The van der Waals surface area contributed by atoms with Crippen LogP contribution in [0.5, 0.6) is 0 Å². The van der Waals surface area contributed by atoms with Crippen LogP contribution in [0.3, 0.4) is 0 Å². The Morgan fingerprint density at radius 3 is 2.38 bits per heavy atom. The van der Waals surface area contributed by atoms with Crippen molar-refractivity contribution in [1.29, 1.82) is 0 Å². The summed E-state index contributed by atoms with van der Waals surface area (Å²) in [5.41, 5.74) is 4.08. The van der Waals surface area contributed by atoms with E-state index in [9.17, 15) is 9.90 Å². The van der Waals surface area contributed by atoms with Crippen LogP contribution in [0.2, 0.25) is 0 Å². The van der Waals surface area contributed by atoms with Crippen LogP contribution in [-0.4, -0.2) is 45.6 Å². The lowest BCUT2D eigenvalue weighted by atomic mass is 9.76. The van der Waals surface area contributed by atoms with Crippen molar-refractivity contribution in [1.82, 2.24) is 4.90 Å². The van der Waals surface area contributed by atoms with Crippen LogP contribution in [0.25, 0.3) is 0 Å². The zero-order valence-corrected chi connectivity index (χ0v) is 13.4. The van der Waals surface area contributed by atoms with Gasteiger partial charge in [-0.2, -0.15) is 0 Å². The molecule has 0 aliphatic carbocycles. The highest BCUT2D eigenvalue weighted by Crippen LogP contribution is 2.34. The van der Waals surface area contributed by atoms with Crippen LogP contribution in [-0.2, 0) is 4.79 Å². The van der Waals surface area contributed by atoms with Crippen molar-refractivity contribution in [3.8, 4) is 0 Å². The first-order valence-electron chi connectivity index (χ1n) is 7.82. The summed E-state index contributed by atoms with van der Waals surface area (Å²) in [6.07, 6.45) is 4.10. The van der Waals surface area contributed by atoms with Gasteiger partial charge in [-0.1, -0.05) is 31.8 Å². The minimum atomic E-state index is -0.953. The number of piperidine rings is 1. The highest BCUT2D eigenvalue weighted by Gasteiger charge is 2.45. The fraction of sp³-hybridized carbons (Fsp3) is 0.867. The van der Waals surface area contributed by atoms with Gasteiger partial charge in [0, 0.05) is 13.1 Å². The third-order valence-corrected chi connectivity index (χ3v) is 4.32. The fourth-order valence-electron chi connectivity index (χ4n) is 3.35. The van der Waals surface area contributed by atoms with E-state index in [1.54, 1.807) is 11.8 Å². The van der Waals surface area contributed by atoms with Gasteiger partial charge in [-0.15, -0.1) is 0 Å². The average molecular weight is 299 g/mol. The molecule has 0 aromatic carbocycles. The molecule has 1 saturated heterocycles. The number of nitrogens with zero attached hydrogens (tertiary/aromatic N) is 2. The van der Waals surface area contributed by atoms with E-state index >= 15 is 0 Å². The van der Waals surface area contributed by atoms with Gasteiger partial charge in [0.25, 0.3) is 0 Å². The second-order valence-corrected chi connectivity index (χ2v) is 6.39. The number of amidine groups is 1. The summed E-state index contributed by atoms with van der Waals surface area (Å²) in [7, 11) is 0. The second-order valence-electron chi connectivity index (χ2n) is 6.39. The molecule has 1 amide bonds. The Balaban J connectivity index is 3.09. The first-order valence-corrected chi connectivity index (χ1v) is 7.82. The van der Waals surface area contributed by atoms with Gasteiger partial charge in [0.1, 0.15) is 5.41 Å². The number of aliphatic hydroxyl groups is 1. The van der Waals surface area contributed by atoms with E-state index in [0.29, 0.717) is 32.4 Å². The van der Waals surface area contributed by atoms with E-state index in [1.165, 1.54) is 0 Å². The number of oxime groups is 1. The number of likely N-dealkylation sites (tertiary alicyclic amines) is 1. The molecule has 6 heteroatoms. The minimum Gasteiger partial charge on any atom is -0.409 e. The standard InChI is InChI=1S/C15H29N3O3/c1-4-7-15(8-5-2,12(16)17-21)13(19)18-10-6-9-14(3,20)11-18/h20-21H,4-11H2,1-3H3,(H2,16,17). The Bertz CT molecular complexity index is 388. The average Bonchev–Trinajstić information content (AvgIpc) is 2.44. The summed E-state index contributed by atoms with van der Waals surface area (Å²) >= 11 is 0. The molecular weight excluding hydrogens is 270 g/mol. The van der Waals surface area contributed by atoms with E-state index < -0.39 is 11.0 Å². The van der Waals surface area contributed by atoms with Crippen molar-refractivity contribution in [2.45, 2.75) is 64.9 Å². The molecule has 1 aliphatic heterocycles. The Morgan fingerprint density at radius 2 is 1.95 bits per heavy atom. The topological polar surface area (TPSA) is 99.2 Å². The van der Waals surface area contributed by atoms with E-state index in [4.69, 9.17) is 10.9 Å².